The second-order valence-corrected chi connectivity index (χ2v) is 5.12. The number of nitrogens with zero attached hydrogens (tertiary/aromatic N) is 2. The van der Waals surface area contributed by atoms with Crippen LogP contribution in [0.2, 0.25) is 0 Å². The van der Waals surface area contributed by atoms with E-state index in [4.69, 9.17) is 9.57 Å². The fourth-order valence-corrected chi connectivity index (χ4v) is 1.93. The topological polar surface area (TPSA) is 84.8 Å². The van der Waals surface area contributed by atoms with Crippen LogP contribution in [0.3, 0.4) is 0 Å². The average molecular weight is 346 g/mol. The van der Waals surface area contributed by atoms with Crippen molar-refractivity contribution in [3.63, 3.8) is 0 Å². The number of hydroxylamine groups is 1. The highest BCUT2D eigenvalue weighted by molar-refractivity contribution is 5.82. The zero-order chi connectivity index (χ0) is 18.2. The standard InChI is InChI=1S/C17H19FN4O3/c1-11-7-8-16(19-9-11)21-17(22-25-12(2)23)20-10-13-14(18)5-4-6-15(13)24-3/h4-9H,10H2,1-3H3,(H2,19,20,21,22). The molecule has 2 aromatic rings. The van der Waals surface area contributed by atoms with Gasteiger partial charge < -0.3 is 14.9 Å². The van der Waals surface area contributed by atoms with E-state index in [0.717, 1.165) is 5.56 Å². The molecular formula is C17H19FN4O3. The summed E-state index contributed by atoms with van der Waals surface area (Å²) in [5.41, 5.74) is 3.70. The van der Waals surface area contributed by atoms with E-state index in [1.54, 1.807) is 24.4 Å². The number of methoxy groups -OCH3 is 1. The third kappa shape index (κ3) is 5.45. The highest BCUT2D eigenvalue weighted by Gasteiger charge is 2.10. The molecule has 0 aliphatic rings. The Morgan fingerprint density at radius 1 is 1.32 bits per heavy atom. The summed E-state index contributed by atoms with van der Waals surface area (Å²) in [5, 5.41) is 2.87. The van der Waals surface area contributed by atoms with Gasteiger partial charge in [-0.3, -0.25) is 4.79 Å². The minimum Gasteiger partial charge on any atom is -0.496 e. The van der Waals surface area contributed by atoms with Gasteiger partial charge in [-0.2, -0.15) is 10.5 Å². The number of benzene rings is 1. The van der Waals surface area contributed by atoms with Gasteiger partial charge in [-0.1, -0.05) is 12.1 Å². The normalized spacial score (nSPS) is 11.0. The molecule has 0 saturated heterocycles. The first kappa shape index (κ1) is 18.2. The maximum absolute atomic E-state index is 14.0. The van der Waals surface area contributed by atoms with E-state index in [0.29, 0.717) is 17.1 Å². The van der Waals surface area contributed by atoms with Crippen LogP contribution >= 0.6 is 0 Å². The van der Waals surface area contributed by atoms with Crippen molar-refractivity contribution in [3.8, 4) is 5.75 Å². The van der Waals surface area contributed by atoms with E-state index in [-0.39, 0.29) is 12.5 Å². The lowest BCUT2D eigenvalue weighted by molar-refractivity contribution is -0.145. The summed E-state index contributed by atoms with van der Waals surface area (Å²) in [5.74, 6) is -0.0695. The van der Waals surface area contributed by atoms with Crippen LogP contribution in [0.5, 0.6) is 5.75 Å². The first-order valence-corrected chi connectivity index (χ1v) is 7.49. The van der Waals surface area contributed by atoms with Gasteiger partial charge >= 0.3 is 5.97 Å². The lowest BCUT2D eigenvalue weighted by atomic mass is 10.2. The summed E-state index contributed by atoms with van der Waals surface area (Å²) < 4.78 is 19.1. The number of carbonyl (C=O) groups is 1. The van der Waals surface area contributed by atoms with Gasteiger partial charge in [-0.05, 0) is 30.7 Å². The van der Waals surface area contributed by atoms with Crippen molar-refractivity contribution in [3.05, 3.63) is 53.5 Å². The summed E-state index contributed by atoms with van der Waals surface area (Å²) >= 11 is 0. The SMILES string of the molecule is COc1cccc(F)c1CNC(=Nc1ccc(C)cn1)NOC(C)=O. The van der Waals surface area contributed by atoms with Crippen molar-refractivity contribution in [2.75, 3.05) is 7.11 Å². The lowest BCUT2D eigenvalue weighted by Gasteiger charge is -2.13. The summed E-state index contributed by atoms with van der Waals surface area (Å²) in [4.78, 5) is 24.1. The molecule has 2 rings (SSSR count). The number of halogens is 1. The molecule has 1 aromatic heterocycles. The maximum atomic E-state index is 14.0. The Bertz CT molecular complexity index is 763. The number of aromatic nitrogens is 1. The Hall–Kier alpha value is -3.16. The van der Waals surface area contributed by atoms with Crippen molar-refractivity contribution >= 4 is 17.7 Å². The number of guanidine groups is 1. The van der Waals surface area contributed by atoms with Crippen molar-refractivity contribution in [1.29, 1.82) is 0 Å². The molecule has 8 heteroatoms. The van der Waals surface area contributed by atoms with Gasteiger partial charge in [0.1, 0.15) is 11.6 Å². The molecule has 1 aromatic carbocycles. The first-order valence-electron chi connectivity index (χ1n) is 7.49. The lowest BCUT2D eigenvalue weighted by Crippen LogP contribution is -2.38. The largest absolute Gasteiger partial charge is 0.496 e. The van der Waals surface area contributed by atoms with E-state index in [1.165, 1.54) is 20.1 Å². The van der Waals surface area contributed by atoms with Crippen LogP contribution in [0, 0.1) is 12.7 Å². The van der Waals surface area contributed by atoms with E-state index in [9.17, 15) is 9.18 Å². The van der Waals surface area contributed by atoms with Crippen molar-refractivity contribution in [2.45, 2.75) is 20.4 Å². The zero-order valence-electron chi connectivity index (χ0n) is 14.2. The molecule has 0 aliphatic heterocycles. The zero-order valence-corrected chi connectivity index (χ0v) is 14.2. The second-order valence-electron chi connectivity index (χ2n) is 5.12. The Kier molecular flexibility index (Phi) is 6.27. The number of rotatable bonds is 4. The van der Waals surface area contributed by atoms with Crippen molar-refractivity contribution < 1.29 is 18.8 Å². The predicted octanol–water partition coefficient (Wildman–Crippen LogP) is 2.38. The number of pyridine rings is 1. The summed E-state index contributed by atoms with van der Waals surface area (Å²) in [6.45, 7) is 3.21. The fraction of sp³-hybridized carbons (Fsp3) is 0.235. The molecule has 0 spiro atoms. The van der Waals surface area contributed by atoms with Crippen LogP contribution in [0.15, 0.2) is 41.5 Å². The number of nitrogens with one attached hydrogen (secondary N) is 2. The molecule has 7 nitrogen and oxygen atoms in total. The minimum absolute atomic E-state index is 0.0643. The van der Waals surface area contributed by atoms with E-state index in [1.807, 2.05) is 13.0 Å². The molecule has 0 radical (unpaired) electrons. The third-order valence-corrected chi connectivity index (χ3v) is 3.14. The second kappa shape index (κ2) is 8.62. The molecule has 132 valence electrons. The molecule has 0 aliphatic carbocycles. The average Bonchev–Trinajstić information content (AvgIpc) is 2.59. The van der Waals surface area contributed by atoms with Crippen LogP contribution in [-0.2, 0) is 16.2 Å². The minimum atomic E-state index is -0.546. The highest BCUT2D eigenvalue weighted by Crippen LogP contribution is 2.20. The molecular weight excluding hydrogens is 327 g/mol. The molecule has 25 heavy (non-hydrogen) atoms. The van der Waals surface area contributed by atoms with E-state index < -0.39 is 11.8 Å². The summed E-state index contributed by atoms with van der Waals surface area (Å²) in [6, 6.07) is 8.08. The predicted molar refractivity (Wildman–Crippen MR) is 90.8 cm³/mol. The van der Waals surface area contributed by atoms with Gasteiger partial charge in [0.05, 0.1) is 7.11 Å². The van der Waals surface area contributed by atoms with Crippen LogP contribution in [0.25, 0.3) is 0 Å². The Labute approximate surface area is 144 Å². The monoisotopic (exact) mass is 346 g/mol. The number of hydrogen-bond donors (Lipinski definition) is 2. The molecule has 0 amide bonds. The molecule has 0 atom stereocenters. The van der Waals surface area contributed by atoms with Crippen LogP contribution in [-0.4, -0.2) is 24.0 Å². The van der Waals surface area contributed by atoms with Gasteiger partial charge in [0.2, 0.25) is 5.96 Å². The molecule has 0 saturated carbocycles. The molecule has 0 bridgehead atoms. The van der Waals surface area contributed by atoms with E-state index in [2.05, 4.69) is 20.8 Å². The highest BCUT2D eigenvalue weighted by atomic mass is 19.1. The molecule has 0 fully saturated rings. The Balaban J connectivity index is 2.19. The van der Waals surface area contributed by atoms with Gasteiger partial charge in [0.25, 0.3) is 0 Å². The number of ether oxygens (including phenoxy) is 1. The van der Waals surface area contributed by atoms with Crippen LogP contribution in [0.4, 0.5) is 10.2 Å². The maximum Gasteiger partial charge on any atom is 0.329 e. The number of hydrogen-bond acceptors (Lipinski definition) is 5. The number of aryl methyl sites for hydroxylation is 1. The quantitative estimate of drug-likeness (QED) is 0.502. The smallest absolute Gasteiger partial charge is 0.329 e. The van der Waals surface area contributed by atoms with Crippen molar-refractivity contribution in [1.82, 2.24) is 15.8 Å². The molecule has 0 unspecified atom stereocenters. The van der Waals surface area contributed by atoms with Gasteiger partial charge in [-0.25, -0.2) is 9.37 Å². The van der Waals surface area contributed by atoms with Gasteiger partial charge in [0, 0.05) is 25.2 Å². The first-order chi connectivity index (χ1) is 12.0. The van der Waals surface area contributed by atoms with Gasteiger partial charge in [-0.15, -0.1) is 0 Å². The summed E-state index contributed by atoms with van der Waals surface area (Å²) in [7, 11) is 1.46. The third-order valence-electron chi connectivity index (χ3n) is 3.14. The fourth-order valence-electron chi connectivity index (χ4n) is 1.93. The molecule has 1 heterocycles. The van der Waals surface area contributed by atoms with Crippen molar-refractivity contribution in [2.24, 2.45) is 4.99 Å². The van der Waals surface area contributed by atoms with Crippen LogP contribution in [0.1, 0.15) is 18.1 Å². The molecule has 2 N–H and O–H groups in total. The number of aliphatic imine (C=N–C) groups is 1. The Morgan fingerprint density at radius 2 is 2.12 bits per heavy atom. The Morgan fingerprint density at radius 3 is 2.76 bits per heavy atom. The number of carbonyl (C=O) groups excluding carboxylic acids is 1. The van der Waals surface area contributed by atoms with Crippen LogP contribution < -0.4 is 15.5 Å². The van der Waals surface area contributed by atoms with Gasteiger partial charge in [0.15, 0.2) is 5.82 Å². The summed E-state index contributed by atoms with van der Waals surface area (Å²) in [6.07, 6.45) is 1.65. The van der Waals surface area contributed by atoms with E-state index >= 15 is 0 Å².